The Morgan fingerprint density at radius 2 is 2.19 bits per heavy atom. The zero-order valence-corrected chi connectivity index (χ0v) is 12.9. The summed E-state index contributed by atoms with van der Waals surface area (Å²) in [6.07, 6.45) is 3.39. The van der Waals surface area contributed by atoms with Crippen molar-refractivity contribution in [1.29, 1.82) is 0 Å². The van der Waals surface area contributed by atoms with Crippen molar-refractivity contribution in [3.8, 4) is 0 Å². The van der Waals surface area contributed by atoms with E-state index < -0.39 is 20.6 Å². The normalized spacial score (nSPS) is 15.9. The predicted molar refractivity (Wildman–Crippen MR) is 75.8 cm³/mol. The summed E-state index contributed by atoms with van der Waals surface area (Å²) in [6.45, 7) is 0.920. The summed E-state index contributed by atoms with van der Waals surface area (Å²) in [4.78, 5) is 14.2. The van der Waals surface area contributed by atoms with Crippen LogP contribution in [-0.4, -0.2) is 33.7 Å². The molecule has 0 radical (unpaired) electrons. The van der Waals surface area contributed by atoms with Crippen molar-refractivity contribution in [2.24, 2.45) is 0 Å². The molecule has 0 N–H and O–H groups in total. The van der Waals surface area contributed by atoms with Crippen LogP contribution in [-0.2, 0) is 23.1 Å². The molecule has 0 amide bonds. The fourth-order valence-electron chi connectivity index (χ4n) is 2.07. The Kier molecular flexibility index (Phi) is 3.48. The smallest absolute Gasteiger partial charge is 0.300 e. The SMILES string of the molecule is O=[N+]([O-])c1cc(S(=O)(=O)N2CCn3ccnc3C2)sc1Cl. The van der Waals surface area contributed by atoms with Crippen LogP contribution in [0.4, 0.5) is 5.69 Å². The summed E-state index contributed by atoms with van der Waals surface area (Å²) >= 11 is 6.42. The van der Waals surface area contributed by atoms with E-state index in [0.29, 0.717) is 23.7 Å². The first-order chi connectivity index (χ1) is 9.89. The number of nitro groups is 1. The summed E-state index contributed by atoms with van der Waals surface area (Å²) in [5, 5.41) is 10.8. The van der Waals surface area contributed by atoms with Crippen molar-refractivity contribution in [2.75, 3.05) is 6.54 Å². The van der Waals surface area contributed by atoms with Crippen molar-refractivity contribution in [2.45, 2.75) is 17.3 Å². The third-order valence-corrected chi connectivity index (χ3v) is 6.78. The number of aromatic nitrogens is 2. The van der Waals surface area contributed by atoms with Crippen LogP contribution in [0.2, 0.25) is 4.34 Å². The Balaban J connectivity index is 1.95. The van der Waals surface area contributed by atoms with Crippen LogP contribution in [0.5, 0.6) is 0 Å². The number of imidazole rings is 1. The summed E-state index contributed by atoms with van der Waals surface area (Å²) < 4.78 is 27.9. The van der Waals surface area contributed by atoms with E-state index in [2.05, 4.69) is 4.98 Å². The number of hydrogen-bond donors (Lipinski definition) is 0. The Bertz CT molecular complexity index is 813. The third-order valence-electron chi connectivity index (χ3n) is 3.15. The second-order valence-electron chi connectivity index (χ2n) is 4.36. The average molecular weight is 349 g/mol. The van der Waals surface area contributed by atoms with Crippen molar-refractivity contribution in [3.05, 3.63) is 38.7 Å². The number of rotatable bonds is 3. The summed E-state index contributed by atoms with van der Waals surface area (Å²) in [5.74, 6) is 0.641. The van der Waals surface area contributed by atoms with Crippen LogP contribution in [0.3, 0.4) is 0 Å². The van der Waals surface area contributed by atoms with Gasteiger partial charge in [-0.05, 0) is 0 Å². The van der Waals surface area contributed by atoms with Crippen LogP contribution in [0.1, 0.15) is 5.82 Å². The molecule has 2 aromatic heterocycles. The van der Waals surface area contributed by atoms with Gasteiger partial charge in [0, 0.05) is 31.5 Å². The van der Waals surface area contributed by atoms with E-state index in [9.17, 15) is 18.5 Å². The lowest BCUT2D eigenvalue weighted by Gasteiger charge is -2.26. The van der Waals surface area contributed by atoms with Gasteiger partial charge in [0.05, 0.1) is 11.5 Å². The van der Waals surface area contributed by atoms with Crippen LogP contribution < -0.4 is 0 Å². The van der Waals surface area contributed by atoms with E-state index in [0.717, 1.165) is 6.07 Å². The topological polar surface area (TPSA) is 98.3 Å². The molecule has 0 saturated heterocycles. The van der Waals surface area contributed by atoms with Crippen molar-refractivity contribution in [1.82, 2.24) is 13.9 Å². The monoisotopic (exact) mass is 348 g/mol. The molecule has 3 rings (SSSR count). The van der Waals surface area contributed by atoms with Gasteiger partial charge in [0.25, 0.3) is 15.7 Å². The molecule has 0 saturated carbocycles. The molecule has 112 valence electrons. The molecule has 1 aliphatic rings. The zero-order valence-electron chi connectivity index (χ0n) is 10.5. The van der Waals surface area contributed by atoms with Crippen LogP contribution in [0.15, 0.2) is 22.7 Å². The van der Waals surface area contributed by atoms with Crippen LogP contribution in [0, 0.1) is 10.1 Å². The molecule has 0 bridgehead atoms. The molecule has 0 aliphatic carbocycles. The van der Waals surface area contributed by atoms with Crippen molar-refractivity contribution >= 4 is 38.6 Å². The molecule has 11 heteroatoms. The highest BCUT2D eigenvalue weighted by molar-refractivity contribution is 7.91. The fraction of sp³-hybridized carbons (Fsp3) is 0.300. The van der Waals surface area contributed by atoms with E-state index in [1.165, 1.54) is 4.31 Å². The highest BCUT2D eigenvalue weighted by Gasteiger charge is 2.33. The van der Waals surface area contributed by atoms with Gasteiger partial charge in [-0.15, -0.1) is 11.3 Å². The molecule has 2 aromatic rings. The van der Waals surface area contributed by atoms with Gasteiger partial charge in [0.2, 0.25) is 0 Å². The number of halogens is 1. The molecule has 3 heterocycles. The number of thiophene rings is 1. The van der Waals surface area contributed by atoms with Gasteiger partial charge in [-0.3, -0.25) is 10.1 Å². The van der Waals surface area contributed by atoms with Gasteiger partial charge in [0.1, 0.15) is 10.0 Å². The summed E-state index contributed by atoms with van der Waals surface area (Å²) in [6, 6.07) is 1.00. The van der Waals surface area contributed by atoms with E-state index in [1.54, 1.807) is 12.4 Å². The highest BCUT2D eigenvalue weighted by atomic mass is 35.5. The molecule has 0 spiro atoms. The molecular weight excluding hydrogens is 340 g/mol. The Labute approximate surface area is 128 Å². The minimum absolute atomic E-state index is 0.126. The number of fused-ring (bicyclic) bond motifs is 1. The first-order valence-electron chi connectivity index (χ1n) is 5.83. The van der Waals surface area contributed by atoms with E-state index in [-0.39, 0.29) is 21.6 Å². The first-order valence-corrected chi connectivity index (χ1v) is 8.47. The molecule has 0 aromatic carbocycles. The molecule has 0 fully saturated rings. The van der Waals surface area contributed by atoms with Gasteiger partial charge in [-0.2, -0.15) is 4.31 Å². The lowest BCUT2D eigenvalue weighted by Crippen LogP contribution is -2.37. The molecular formula is C10H9ClN4O4S2. The second-order valence-corrected chi connectivity index (χ2v) is 8.18. The standard InChI is InChI=1S/C10H9ClN4O4S2/c11-10-7(15(16)17)5-9(20-10)21(18,19)14-4-3-13-2-1-12-8(13)6-14/h1-2,5H,3-4,6H2. The fourth-order valence-corrected chi connectivity index (χ4v) is 5.28. The largest absolute Gasteiger partial charge is 0.333 e. The lowest BCUT2D eigenvalue weighted by molar-refractivity contribution is -0.384. The van der Waals surface area contributed by atoms with Crippen molar-refractivity contribution < 1.29 is 13.3 Å². The molecule has 8 nitrogen and oxygen atoms in total. The number of sulfonamides is 1. The van der Waals surface area contributed by atoms with Gasteiger partial charge in [-0.25, -0.2) is 13.4 Å². The average Bonchev–Trinajstić information content (AvgIpc) is 3.03. The Morgan fingerprint density at radius 1 is 1.43 bits per heavy atom. The summed E-state index contributed by atoms with van der Waals surface area (Å²) in [7, 11) is -3.81. The lowest BCUT2D eigenvalue weighted by atomic mass is 10.4. The molecule has 21 heavy (non-hydrogen) atoms. The predicted octanol–water partition coefficient (Wildman–Crippen LogP) is 1.71. The number of nitrogens with zero attached hydrogens (tertiary/aromatic N) is 4. The first kappa shape index (κ1) is 14.4. The van der Waals surface area contributed by atoms with Crippen LogP contribution in [0.25, 0.3) is 0 Å². The second kappa shape index (κ2) is 5.05. The van der Waals surface area contributed by atoms with Gasteiger partial charge >= 0.3 is 0 Å². The maximum atomic E-state index is 12.5. The van der Waals surface area contributed by atoms with Gasteiger partial charge in [-0.1, -0.05) is 11.6 Å². The van der Waals surface area contributed by atoms with Crippen molar-refractivity contribution in [3.63, 3.8) is 0 Å². The number of hydrogen-bond acceptors (Lipinski definition) is 6. The third kappa shape index (κ3) is 2.44. The van der Waals surface area contributed by atoms with E-state index in [4.69, 9.17) is 11.6 Å². The minimum atomic E-state index is -3.81. The van der Waals surface area contributed by atoms with E-state index in [1.807, 2.05) is 4.57 Å². The molecule has 0 atom stereocenters. The highest BCUT2D eigenvalue weighted by Crippen LogP contribution is 2.37. The minimum Gasteiger partial charge on any atom is -0.333 e. The maximum Gasteiger partial charge on any atom is 0.300 e. The zero-order chi connectivity index (χ0) is 15.2. The quantitative estimate of drug-likeness (QED) is 0.621. The summed E-state index contributed by atoms with van der Waals surface area (Å²) in [5.41, 5.74) is -0.390. The maximum absolute atomic E-state index is 12.5. The Morgan fingerprint density at radius 3 is 2.86 bits per heavy atom. The Hall–Kier alpha value is -1.49. The van der Waals surface area contributed by atoms with E-state index >= 15 is 0 Å². The molecule has 1 aliphatic heterocycles. The van der Waals surface area contributed by atoms with Crippen LogP contribution >= 0.6 is 22.9 Å². The molecule has 0 unspecified atom stereocenters. The van der Waals surface area contributed by atoms with Gasteiger partial charge in [0.15, 0.2) is 4.34 Å². The van der Waals surface area contributed by atoms with Gasteiger partial charge < -0.3 is 4.57 Å².